The topological polar surface area (TPSA) is 12.0 Å². The van der Waals surface area contributed by atoms with Crippen molar-refractivity contribution < 1.29 is 0 Å². The van der Waals surface area contributed by atoms with Crippen molar-refractivity contribution in [1.29, 1.82) is 0 Å². The van der Waals surface area contributed by atoms with Gasteiger partial charge in [-0.05, 0) is 56.0 Å². The number of benzene rings is 1. The van der Waals surface area contributed by atoms with E-state index >= 15 is 0 Å². The first-order valence-electron chi connectivity index (χ1n) is 5.05. The third-order valence-corrected chi connectivity index (χ3v) is 2.89. The fourth-order valence-corrected chi connectivity index (χ4v) is 2.12. The molecule has 1 heteroatoms. The van der Waals surface area contributed by atoms with Crippen molar-refractivity contribution in [2.45, 2.75) is 25.7 Å². The summed E-state index contributed by atoms with van der Waals surface area (Å²) in [6.07, 6.45) is 2.57. The first-order chi connectivity index (χ1) is 6.38. The van der Waals surface area contributed by atoms with Crippen LogP contribution in [0.4, 0.5) is 0 Å². The van der Waals surface area contributed by atoms with Gasteiger partial charge in [-0.1, -0.05) is 18.2 Å². The highest BCUT2D eigenvalue weighted by Gasteiger charge is 2.15. The van der Waals surface area contributed by atoms with E-state index in [0.29, 0.717) is 0 Å². The summed E-state index contributed by atoms with van der Waals surface area (Å²) in [5.41, 5.74) is 2.93. The van der Waals surface area contributed by atoms with Gasteiger partial charge in [0.15, 0.2) is 0 Å². The Balaban J connectivity index is 2.18. The van der Waals surface area contributed by atoms with Gasteiger partial charge in [0.1, 0.15) is 0 Å². The van der Waals surface area contributed by atoms with E-state index in [0.717, 1.165) is 5.92 Å². The Labute approximate surface area is 80.2 Å². The molecule has 1 fully saturated rings. The molecule has 0 saturated carbocycles. The molecule has 13 heavy (non-hydrogen) atoms. The number of nitrogens with one attached hydrogen (secondary N) is 1. The molecule has 1 aromatic carbocycles. The largest absolute Gasteiger partial charge is 0.317 e. The second-order valence-corrected chi connectivity index (χ2v) is 3.81. The summed E-state index contributed by atoms with van der Waals surface area (Å²) < 4.78 is 0. The zero-order valence-corrected chi connectivity index (χ0v) is 8.14. The molecule has 0 atom stereocenters. The summed E-state index contributed by atoms with van der Waals surface area (Å²) in [7, 11) is 0. The number of hydrogen-bond donors (Lipinski definition) is 1. The first-order valence-corrected chi connectivity index (χ1v) is 5.05. The van der Waals surface area contributed by atoms with Gasteiger partial charge in [0.25, 0.3) is 0 Å². The van der Waals surface area contributed by atoms with E-state index < -0.39 is 0 Å². The van der Waals surface area contributed by atoms with Crippen LogP contribution in [-0.4, -0.2) is 13.1 Å². The van der Waals surface area contributed by atoms with Crippen LogP contribution in [0.1, 0.15) is 29.9 Å². The fourth-order valence-electron chi connectivity index (χ4n) is 2.12. The van der Waals surface area contributed by atoms with E-state index in [-0.39, 0.29) is 0 Å². The summed E-state index contributed by atoms with van der Waals surface area (Å²) in [6.45, 7) is 4.53. The minimum Gasteiger partial charge on any atom is -0.317 e. The molecule has 1 radical (unpaired) electrons. The molecule has 0 spiro atoms. The van der Waals surface area contributed by atoms with Crippen molar-refractivity contribution in [3.8, 4) is 0 Å². The molecule has 0 amide bonds. The first kappa shape index (κ1) is 8.76. The van der Waals surface area contributed by atoms with E-state index in [1.807, 2.05) is 6.07 Å². The lowest BCUT2D eigenvalue weighted by Crippen LogP contribution is -2.26. The highest BCUT2D eigenvalue weighted by molar-refractivity contribution is 5.28. The molecule has 1 N–H and O–H groups in total. The SMILES string of the molecule is Cc1c[c]ccc1C1CCNCC1. The normalized spacial score (nSPS) is 18.8. The van der Waals surface area contributed by atoms with Crippen LogP contribution in [0.5, 0.6) is 0 Å². The average molecular weight is 174 g/mol. The number of aryl methyl sites for hydroxylation is 1. The van der Waals surface area contributed by atoms with Crippen molar-refractivity contribution in [3.63, 3.8) is 0 Å². The lowest BCUT2D eigenvalue weighted by atomic mass is 9.88. The number of hydrogen-bond acceptors (Lipinski definition) is 1. The van der Waals surface area contributed by atoms with Crippen molar-refractivity contribution in [3.05, 3.63) is 35.4 Å². The van der Waals surface area contributed by atoms with Crippen molar-refractivity contribution in [1.82, 2.24) is 5.32 Å². The second-order valence-electron chi connectivity index (χ2n) is 3.81. The van der Waals surface area contributed by atoms with E-state index in [2.05, 4.69) is 30.4 Å². The molecular weight excluding hydrogens is 158 g/mol. The van der Waals surface area contributed by atoms with Crippen LogP contribution in [0.2, 0.25) is 0 Å². The lowest BCUT2D eigenvalue weighted by molar-refractivity contribution is 0.459. The molecule has 2 rings (SSSR count). The Morgan fingerprint density at radius 2 is 2.15 bits per heavy atom. The van der Waals surface area contributed by atoms with Gasteiger partial charge in [0.05, 0.1) is 0 Å². The summed E-state index contributed by atoms with van der Waals surface area (Å²) >= 11 is 0. The van der Waals surface area contributed by atoms with Crippen LogP contribution in [-0.2, 0) is 0 Å². The van der Waals surface area contributed by atoms with Crippen molar-refractivity contribution in [2.75, 3.05) is 13.1 Å². The standard InChI is InChI=1S/C12H16N/c1-10-4-2-3-5-12(10)11-6-8-13-9-7-11/h3-5,11,13H,6-9H2,1H3. The zero-order chi connectivity index (χ0) is 9.10. The predicted octanol–water partition coefficient (Wildman–Crippen LogP) is 2.26. The van der Waals surface area contributed by atoms with Crippen molar-refractivity contribution in [2.24, 2.45) is 0 Å². The molecular formula is C12H16N. The quantitative estimate of drug-likeness (QED) is 0.688. The van der Waals surface area contributed by atoms with E-state index in [4.69, 9.17) is 0 Å². The Morgan fingerprint density at radius 1 is 1.38 bits per heavy atom. The third kappa shape index (κ3) is 1.92. The minimum atomic E-state index is 0.774. The molecule has 69 valence electrons. The molecule has 1 aliphatic rings. The van der Waals surface area contributed by atoms with Crippen LogP contribution in [0.15, 0.2) is 18.2 Å². The summed E-state index contributed by atoms with van der Waals surface area (Å²) in [4.78, 5) is 0. The molecule has 0 aliphatic carbocycles. The van der Waals surface area contributed by atoms with Gasteiger partial charge in [-0.3, -0.25) is 0 Å². The van der Waals surface area contributed by atoms with Crippen molar-refractivity contribution >= 4 is 0 Å². The monoisotopic (exact) mass is 174 g/mol. The van der Waals surface area contributed by atoms with Gasteiger partial charge < -0.3 is 5.32 Å². The molecule has 1 saturated heterocycles. The highest BCUT2D eigenvalue weighted by Crippen LogP contribution is 2.27. The molecule has 1 aromatic rings. The van der Waals surface area contributed by atoms with Crippen LogP contribution < -0.4 is 5.32 Å². The van der Waals surface area contributed by atoms with Crippen LogP contribution in [0.3, 0.4) is 0 Å². The maximum absolute atomic E-state index is 3.40. The summed E-state index contributed by atoms with van der Waals surface area (Å²) in [5, 5.41) is 3.40. The summed E-state index contributed by atoms with van der Waals surface area (Å²) in [5.74, 6) is 0.774. The smallest absolute Gasteiger partial charge is 0.00431 e. The van der Waals surface area contributed by atoms with Crippen LogP contribution in [0, 0.1) is 13.0 Å². The van der Waals surface area contributed by atoms with E-state index in [1.54, 1.807) is 0 Å². The summed E-state index contributed by atoms with van der Waals surface area (Å²) in [6, 6.07) is 9.48. The van der Waals surface area contributed by atoms with Gasteiger partial charge in [-0.15, -0.1) is 0 Å². The molecule has 1 aliphatic heterocycles. The maximum Gasteiger partial charge on any atom is -0.00431 e. The third-order valence-electron chi connectivity index (χ3n) is 2.89. The number of rotatable bonds is 1. The van der Waals surface area contributed by atoms with Gasteiger partial charge in [-0.2, -0.15) is 0 Å². The molecule has 0 bridgehead atoms. The Bertz CT molecular complexity index is 274. The van der Waals surface area contributed by atoms with Crippen LogP contribution in [0.25, 0.3) is 0 Å². The predicted molar refractivity (Wildman–Crippen MR) is 54.9 cm³/mol. The number of piperidine rings is 1. The van der Waals surface area contributed by atoms with Gasteiger partial charge in [0, 0.05) is 0 Å². The van der Waals surface area contributed by atoms with Gasteiger partial charge in [0.2, 0.25) is 0 Å². The second kappa shape index (κ2) is 3.93. The van der Waals surface area contributed by atoms with Crippen LogP contribution >= 0.6 is 0 Å². The van der Waals surface area contributed by atoms with Gasteiger partial charge in [-0.25, -0.2) is 0 Å². The Kier molecular flexibility index (Phi) is 2.65. The molecule has 1 nitrogen and oxygen atoms in total. The zero-order valence-electron chi connectivity index (χ0n) is 8.14. The molecule has 1 heterocycles. The maximum atomic E-state index is 3.40. The minimum absolute atomic E-state index is 0.774. The fraction of sp³-hybridized carbons (Fsp3) is 0.500. The van der Waals surface area contributed by atoms with E-state index in [1.165, 1.54) is 37.1 Å². The molecule has 0 unspecified atom stereocenters. The average Bonchev–Trinajstić information content (AvgIpc) is 2.20. The van der Waals surface area contributed by atoms with Gasteiger partial charge >= 0.3 is 0 Å². The lowest BCUT2D eigenvalue weighted by Gasteiger charge is -2.24. The highest BCUT2D eigenvalue weighted by atomic mass is 14.9. The van der Waals surface area contributed by atoms with E-state index in [9.17, 15) is 0 Å². The molecule has 0 aromatic heterocycles. The Hall–Kier alpha value is -0.820. The Morgan fingerprint density at radius 3 is 2.85 bits per heavy atom.